The van der Waals surface area contributed by atoms with E-state index in [1.807, 2.05) is 32.0 Å². The summed E-state index contributed by atoms with van der Waals surface area (Å²) in [5, 5.41) is 9.25. The minimum atomic E-state index is -0.322. The third kappa shape index (κ3) is 7.44. The van der Waals surface area contributed by atoms with Gasteiger partial charge in [0.1, 0.15) is 17.7 Å². The second-order valence-electron chi connectivity index (χ2n) is 6.47. The molecule has 2 aromatic rings. The van der Waals surface area contributed by atoms with E-state index >= 15 is 0 Å². The number of hydrogen-bond donors (Lipinski definition) is 3. The summed E-state index contributed by atoms with van der Waals surface area (Å²) in [4.78, 5) is 16.2. The average molecular weight is 400 g/mol. The Morgan fingerprint density at radius 2 is 1.90 bits per heavy atom. The molecule has 0 aliphatic heterocycles. The van der Waals surface area contributed by atoms with Gasteiger partial charge in [0.2, 0.25) is 0 Å². The first-order chi connectivity index (χ1) is 14.0. The summed E-state index contributed by atoms with van der Waals surface area (Å²) in [6.45, 7) is 5.53. The lowest BCUT2D eigenvalue weighted by molar-refractivity contribution is 0.0955. The number of hydrogen-bond acceptors (Lipinski definition) is 3. The number of carbonyl (C=O) groups is 1. The zero-order valence-corrected chi connectivity index (χ0v) is 17.2. The fraction of sp³-hybridized carbons (Fsp3) is 0.364. The minimum Gasteiger partial charge on any atom is -0.489 e. The highest BCUT2D eigenvalue weighted by atomic mass is 19.1. The summed E-state index contributed by atoms with van der Waals surface area (Å²) in [5.41, 5.74) is 1.60. The predicted octanol–water partition coefficient (Wildman–Crippen LogP) is 3.10. The normalized spacial score (nSPS) is 12.2. The molecule has 3 N–H and O–H groups in total. The Morgan fingerprint density at radius 1 is 1.10 bits per heavy atom. The zero-order chi connectivity index (χ0) is 21.1. The Balaban J connectivity index is 1.87. The minimum absolute atomic E-state index is 0.0860. The van der Waals surface area contributed by atoms with Crippen molar-refractivity contribution in [3.63, 3.8) is 0 Å². The topological polar surface area (TPSA) is 74.8 Å². The monoisotopic (exact) mass is 400 g/mol. The Morgan fingerprint density at radius 3 is 2.59 bits per heavy atom. The molecule has 0 saturated carbocycles. The smallest absolute Gasteiger partial charge is 0.251 e. The summed E-state index contributed by atoms with van der Waals surface area (Å²) >= 11 is 0. The lowest BCUT2D eigenvalue weighted by atomic mass is 10.1. The summed E-state index contributed by atoms with van der Waals surface area (Å²) < 4.78 is 19.2. The van der Waals surface area contributed by atoms with Gasteiger partial charge in [-0.3, -0.25) is 9.79 Å². The Labute approximate surface area is 171 Å². The first-order valence-corrected chi connectivity index (χ1v) is 9.79. The van der Waals surface area contributed by atoms with Crippen LogP contribution in [0.15, 0.2) is 53.5 Å². The number of benzene rings is 2. The van der Waals surface area contributed by atoms with E-state index in [1.165, 1.54) is 12.1 Å². The van der Waals surface area contributed by atoms with Gasteiger partial charge in [-0.15, -0.1) is 0 Å². The van der Waals surface area contributed by atoms with E-state index in [1.54, 1.807) is 25.2 Å². The molecule has 156 valence electrons. The number of nitrogens with one attached hydrogen (secondary N) is 3. The third-order valence-electron chi connectivity index (χ3n) is 4.26. The molecular formula is C22H29FN4O2. The molecular weight excluding hydrogens is 371 g/mol. The van der Waals surface area contributed by atoms with Crippen LogP contribution in [0.4, 0.5) is 4.39 Å². The van der Waals surface area contributed by atoms with Crippen molar-refractivity contribution in [2.75, 3.05) is 20.1 Å². The van der Waals surface area contributed by atoms with Crippen molar-refractivity contribution in [1.29, 1.82) is 0 Å². The second kappa shape index (κ2) is 11.7. The summed E-state index contributed by atoms with van der Waals surface area (Å²) in [6.07, 6.45) is 0.631. The first-order valence-electron chi connectivity index (χ1n) is 9.79. The molecule has 0 bridgehead atoms. The molecule has 6 nitrogen and oxygen atoms in total. The average Bonchev–Trinajstić information content (AvgIpc) is 2.73. The Bertz CT molecular complexity index is 826. The molecule has 0 radical (unpaired) electrons. The molecule has 7 heteroatoms. The van der Waals surface area contributed by atoms with Crippen LogP contribution >= 0.6 is 0 Å². The van der Waals surface area contributed by atoms with Crippen LogP contribution in [-0.2, 0) is 6.54 Å². The van der Waals surface area contributed by atoms with E-state index in [-0.39, 0.29) is 17.8 Å². The van der Waals surface area contributed by atoms with Crippen molar-refractivity contribution in [3.8, 4) is 5.75 Å². The van der Waals surface area contributed by atoms with Crippen molar-refractivity contribution < 1.29 is 13.9 Å². The standard InChI is InChI=1S/C22H29FN4O2/c1-4-19(29-20-11-7-10-18(23)13-20)15-27-22(24-3)26-14-16-8-6-9-17(12-16)21(28)25-5-2/h6-13,19H,4-5,14-15H2,1-3H3,(H,25,28)(H2,24,26,27). The lowest BCUT2D eigenvalue weighted by Gasteiger charge is -2.20. The molecule has 0 saturated heterocycles. The largest absolute Gasteiger partial charge is 0.489 e. The summed E-state index contributed by atoms with van der Waals surface area (Å²) in [6, 6.07) is 13.6. The van der Waals surface area contributed by atoms with Gasteiger partial charge in [-0.25, -0.2) is 4.39 Å². The Kier molecular flexibility index (Phi) is 8.95. The van der Waals surface area contributed by atoms with Crippen LogP contribution in [-0.4, -0.2) is 38.1 Å². The van der Waals surface area contributed by atoms with Gasteiger partial charge in [-0.1, -0.05) is 25.1 Å². The summed E-state index contributed by atoms with van der Waals surface area (Å²) in [7, 11) is 1.69. The van der Waals surface area contributed by atoms with Crippen molar-refractivity contribution in [2.24, 2.45) is 4.99 Å². The van der Waals surface area contributed by atoms with Crippen LogP contribution in [0.5, 0.6) is 5.75 Å². The summed E-state index contributed by atoms with van der Waals surface area (Å²) in [5.74, 6) is 0.716. The SMILES string of the molecule is CCNC(=O)c1cccc(CNC(=NC)NCC(CC)Oc2cccc(F)c2)c1. The van der Waals surface area contributed by atoms with Crippen LogP contribution in [0.2, 0.25) is 0 Å². The van der Waals surface area contributed by atoms with E-state index < -0.39 is 0 Å². The van der Waals surface area contributed by atoms with Crippen molar-refractivity contribution >= 4 is 11.9 Å². The molecule has 29 heavy (non-hydrogen) atoms. The zero-order valence-electron chi connectivity index (χ0n) is 17.2. The van der Waals surface area contributed by atoms with Crippen LogP contribution in [0.1, 0.15) is 36.2 Å². The first kappa shape index (κ1) is 22.2. The molecule has 2 rings (SSSR count). The van der Waals surface area contributed by atoms with Crippen molar-refractivity contribution in [1.82, 2.24) is 16.0 Å². The lowest BCUT2D eigenvalue weighted by Crippen LogP contribution is -2.42. The number of guanidine groups is 1. The van der Waals surface area contributed by atoms with Crippen LogP contribution in [0.3, 0.4) is 0 Å². The van der Waals surface area contributed by atoms with Crippen molar-refractivity contribution in [2.45, 2.75) is 32.9 Å². The number of halogens is 1. The molecule has 0 aromatic heterocycles. The van der Waals surface area contributed by atoms with Crippen molar-refractivity contribution in [3.05, 3.63) is 65.5 Å². The van der Waals surface area contributed by atoms with Crippen LogP contribution in [0, 0.1) is 5.82 Å². The van der Waals surface area contributed by atoms with Gasteiger partial charge in [0.05, 0.1) is 6.54 Å². The van der Waals surface area contributed by atoms with E-state index in [2.05, 4.69) is 20.9 Å². The maximum Gasteiger partial charge on any atom is 0.251 e. The molecule has 1 amide bonds. The fourth-order valence-electron chi connectivity index (χ4n) is 2.70. The van der Waals surface area contributed by atoms with Gasteiger partial charge >= 0.3 is 0 Å². The predicted molar refractivity (Wildman–Crippen MR) is 114 cm³/mol. The van der Waals surface area contributed by atoms with E-state index in [4.69, 9.17) is 4.74 Å². The fourth-order valence-corrected chi connectivity index (χ4v) is 2.70. The molecule has 0 heterocycles. The van der Waals surface area contributed by atoms with Gasteiger partial charge < -0.3 is 20.7 Å². The maximum absolute atomic E-state index is 13.3. The third-order valence-corrected chi connectivity index (χ3v) is 4.26. The van der Waals surface area contributed by atoms with E-state index in [0.29, 0.717) is 36.9 Å². The number of amides is 1. The van der Waals surface area contributed by atoms with Gasteiger partial charge in [0.15, 0.2) is 5.96 Å². The number of rotatable bonds is 9. The molecule has 0 fully saturated rings. The number of nitrogens with zero attached hydrogens (tertiary/aromatic N) is 1. The highest BCUT2D eigenvalue weighted by Gasteiger charge is 2.10. The number of carbonyl (C=O) groups excluding carboxylic acids is 1. The van der Waals surface area contributed by atoms with Gasteiger partial charge in [0, 0.05) is 31.8 Å². The molecule has 0 aliphatic rings. The quantitative estimate of drug-likeness (QED) is 0.447. The second-order valence-corrected chi connectivity index (χ2v) is 6.47. The molecule has 0 aliphatic carbocycles. The Hall–Kier alpha value is -3.09. The number of aliphatic imine (C=N–C) groups is 1. The van der Waals surface area contributed by atoms with E-state index in [9.17, 15) is 9.18 Å². The van der Waals surface area contributed by atoms with Crippen LogP contribution < -0.4 is 20.7 Å². The highest BCUT2D eigenvalue weighted by molar-refractivity contribution is 5.94. The van der Waals surface area contributed by atoms with Gasteiger partial charge in [0.25, 0.3) is 5.91 Å². The highest BCUT2D eigenvalue weighted by Crippen LogP contribution is 2.14. The molecule has 1 unspecified atom stereocenters. The van der Waals surface area contributed by atoms with E-state index in [0.717, 1.165) is 12.0 Å². The molecule has 2 aromatic carbocycles. The maximum atomic E-state index is 13.3. The van der Waals surface area contributed by atoms with Crippen LogP contribution in [0.25, 0.3) is 0 Å². The number of ether oxygens (including phenoxy) is 1. The molecule has 0 spiro atoms. The molecule has 1 atom stereocenters. The van der Waals surface area contributed by atoms with Gasteiger partial charge in [-0.05, 0) is 43.2 Å². The van der Waals surface area contributed by atoms with Gasteiger partial charge in [-0.2, -0.15) is 0 Å².